The van der Waals surface area contributed by atoms with Crippen LogP contribution in [-0.4, -0.2) is 40.3 Å². The Labute approximate surface area is 166 Å². The van der Waals surface area contributed by atoms with Gasteiger partial charge < -0.3 is 14.8 Å². The van der Waals surface area contributed by atoms with Crippen molar-refractivity contribution >= 4 is 26.7 Å². The van der Waals surface area contributed by atoms with E-state index in [0.717, 1.165) is 54.4 Å². The van der Waals surface area contributed by atoms with Crippen molar-refractivity contribution in [2.75, 3.05) is 18.5 Å². The van der Waals surface area contributed by atoms with Crippen LogP contribution in [0.3, 0.4) is 0 Å². The van der Waals surface area contributed by atoms with E-state index in [9.17, 15) is 4.39 Å². The van der Waals surface area contributed by atoms with Gasteiger partial charge in [-0.25, -0.2) is 14.4 Å². The quantitative estimate of drug-likeness (QED) is 0.694. The number of halogens is 1. The van der Waals surface area contributed by atoms with Crippen LogP contribution < -0.4 is 10.1 Å². The summed E-state index contributed by atoms with van der Waals surface area (Å²) in [5, 5.41) is 4.15. The monoisotopic (exact) mass is 400 g/mol. The van der Waals surface area contributed by atoms with E-state index in [2.05, 4.69) is 20.3 Å². The minimum absolute atomic E-state index is 0.110. The fourth-order valence-corrected chi connectivity index (χ4v) is 4.72. The average Bonchev–Trinajstić information content (AvgIpc) is 3.11. The van der Waals surface area contributed by atoms with Gasteiger partial charge in [-0.2, -0.15) is 0 Å². The van der Waals surface area contributed by atoms with E-state index in [0.29, 0.717) is 17.3 Å². The molecule has 1 saturated carbocycles. The smallest absolute Gasteiger partial charge is 0.236 e. The molecule has 146 valence electrons. The standard InChI is InChI=1S/C20H21FN4O2S/c21-15-2-1-3-16-18(15)25-20(28-16)24-13-10-14(11-13)27-19-17(22-6-7-23-19)12-4-8-26-9-5-12/h1-3,6-7,12-14H,4-5,8-11H2,(H,24,25)/t13-,14+. The number of nitrogens with one attached hydrogen (secondary N) is 1. The molecule has 8 heteroatoms. The number of anilines is 1. The number of thiazole rings is 1. The molecular weight excluding hydrogens is 379 g/mol. The Morgan fingerprint density at radius 3 is 2.79 bits per heavy atom. The Balaban J connectivity index is 1.20. The molecule has 0 radical (unpaired) electrons. The summed E-state index contributed by atoms with van der Waals surface area (Å²) in [7, 11) is 0. The van der Waals surface area contributed by atoms with Crippen molar-refractivity contribution in [1.82, 2.24) is 15.0 Å². The number of fused-ring (bicyclic) bond motifs is 1. The van der Waals surface area contributed by atoms with Gasteiger partial charge in [0.25, 0.3) is 0 Å². The Hall–Kier alpha value is -2.32. The van der Waals surface area contributed by atoms with E-state index in [4.69, 9.17) is 9.47 Å². The van der Waals surface area contributed by atoms with Crippen LogP contribution in [0.15, 0.2) is 30.6 Å². The van der Waals surface area contributed by atoms with Gasteiger partial charge in [-0.3, -0.25) is 4.98 Å². The highest BCUT2D eigenvalue weighted by atomic mass is 32.1. The molecule has 1 saturated heterocycles. The SMILES string of the molecule is Fc1cccc2sc(N[C@H]3C[C@@H](Oc4nccnc4C4CCOCC4)C3)nc12. The zero-order chi connectivity index (χ0) is 18.9. The largest absolute Gasteiger partial charge is 0.473 e. The number of hydrogen-bond acceptors (Lipinski definition) is 7. The van der Waals surface area contributed by atoms with Gasteiger partial charge in [0.2, 0.25) is 5.88 Å². The number of benzene rings is 1. The predicted molar refractivity (Wildman–Crippen MR) is 105 cm³/mol. The highest BCUT2D eigenvalue weighted by Gasteiger charge is 2.33. The molecule has 1 aliphatic heterocycles. The molecule has 3 heterocycles. The van der Waals surface area contributed by atoms with Gasteiger partial charge in [-0.05, 0) is 25.0 Å². The molecule has 2 aromatic heterocycles. The Morgan fingerprint density at radius 2 is 1.96 bits per heavy atom. The van der Waals surface area contributed by atoms with Gasteiger partial charge in [0.1, 0.15) is 23.1 Å². The van der Waals surface area contributed by atoms with Gasteiger partial charge >= 0.3 is 0 Å². The zero-order valence-corrected chi connectivity index (χ0v) is 16.1. The Bertz CT molecular complexity index is 970. The van der Waals surface area contributed by atoms with Crippen molar-refractivity contribution in [3.63, 3.8) is 0 Å². The van der Waals surface area contributed by atoms with Gasteiger partial charge in [-0.15, -0.1) is 0 Å². The molecule has 0 spiro atoms. The number of para-hydroxylation sites is 1. The lowest BCUT2D eigenvalue weighted by atomic mass is 9.89. The molecule has 2 aliphatic rings. The lowest BCUT2D eigenvalue weighted by Crippen LogP contribution is -2.42. The molecule has 0 atom stereocenters. The second kappa shape index (κ2) is 7.60. The van der Waals surface area contributed by atoms with E-state index in [1.54, 1.807) is 18.5 Å². The summed E-state index contributed by atoms with van der Waals surface area (Å²) in [4.78, 5) is 13.3. The van der Waals surface area contributed by atoms with Crippen molar-refractivity contribution < 1.29 is 13.9 Å². The number of aromatic nitrogens is 3. The van der Waals surface area contributed by atoms with E-state index >= 15 is 0 Å². The molecule has 0 unspecified atom stereocenters. The van der Waals surface area contributed by atoms with Crippen LogP contribution in [0.4, 0.5) is 9.52 Å². The first kappa shape index (κ1) is 17.8. The van der Waals surface area contributed by atoms with E-state index in [-0.39, 0.29) is 18.0 Å². The van der Waals surface area contributed by atoms with Gasteiger partial charge in [-0.1, -0.05) is 17.4 Å². The highest BCUT2D eigenvalue weighted by Crippen LogP contribution is 2.35. The summed E-state index contributed by atoms with van der Waals surface area (Å²) in [5.74, 6) is 0.726. The zero-order valence-electron chi connectivity index (χ0n) is 15.3. The second-order valence-electron chi connectivity index (χ2n) is 7.29. The van der Waals surface area contributed by atoms with Gasteiger partial charge in [0, 0.05) is 50.4 Å². The number of nitrogens with zero attached hydrogens (tertiary/aromatic N) is 3. The van der Waals surface area contributed by atoms with Gasteiger partial charge in [0.15, 0.2) is 5.13 Å². The number of ether oxygens (including phenoxy) is 2. The Kier molecular flexibility index (Phi) is 4.82. The molecule has 1 aliphatic carbocycles. The van der Waals surface area contributed by atoms with Crippen LogP contribution in [0.2, 0.25) is 0 Å². The van der Waals surface area contributed by atoms with Crippen LogP contribution in [0.25, 0.3) is 10.2 Å². The summed E-state index contributed by atoms with van der Waals surface area (Å²) in [6, 6.07) is 5.32. The summed E-state index contributed by atoms with van der Waals surface area (Å²) in [5.41, 5.74) is 1.38. The first-order chi connectivity index (χ1) is 13.8. The third-order valence-electron chi connectivity index (χ3n) is 5.37. The lowest BCUT2D eigenvalue weighted by Gasteiger charge is -2.36. The molecule has 0 amide bonds. The first-order valence-electron chi connectivity index (χ1n) is 9.63. The summed E-state index contributed by atoms with van der Waals surface area (Å²) < 4.78 is 26.3. The maximum atomic E-state index is 13.8. The third-order valence-corrected chi connectivity index (χ3v) is 6.32. The topological polar surface area (TPSA) is 69.2 Å². The molecule has 0 bridgehead atoms. The second-order valence-corrected chi connectivity index (χ2v) is 8.32. The maximum Gasteiger partial charge on any atom is 0.236 e. The minimum atomic E-state index is -0.278. The Morgan fingerprint density at radius 1 is 1.14 bits per heavy atom. The molecule has 1 aromatic carbocycles. The van der Waals surface area contributed by atoms with Gasteiger partial charge in [0.05, 0.1) is 4.70 Å². The van der Waals surface area contributed by atoms with Crippen LogP contribution >= 0.6 is 11.3 Å². The van der Waals surface area contributed by atoms with Crippen LogP contribution in [-0.2, 0) is 4.74 Å². The molecule has 6 nitrogen and oxygen atoms in total. The minimum Gasteiger partial charge on any atom is -0.473 e. The fraction of sp³-hybridized carbons (Fsp3) is 0.450. The van der Waals surface area contributed by atoms with Crippen molar-refractivity contribution in [3.05, 3.63) is 42.1 Å². The van der Waals surface area contributed by atoms with Crippen molar-refractivity contribution in [2.45, 2.75) is 43.7 Å². The lowest BCUT2D eigenvalue weighted by molar-refractivity contribution is 0.0780. The number of hydrogen-bond donors (Lipinski definition) is 1. The molecular formula is C20H21FN4O2S. The number of rotatable bonds is 5. The average molecular weight is 400 g/mol. The van der Waals surface area contributed by atoms with Crippen LogP contribution in [0, 0.1) is 5.82 Å². The van der Waals surface area contributed by atoms with E-state index in [1.807, 2.05) is 6.07 Å². The van der Waals surface area contributed by atoms with Crippen molar-refractivity contribution in [2.24, 2.45) is 0 Å². The summed E-state index contributed by atoms with van der Waals surface area (Å²) in [6.07, 6.45) is 7.16. The summed E-state index contributed by atoms with van der Waals surface area (Å²) in [6.45, 7) is 1.53. The third kappa shape index (κ3) is 3.54. The van der Waals surface area contributed by atoms with Crippen molar-refractivity contribution in [3.8, 4) is 5.88 Å². The van der Waals surface area contributed by atoms with E-state index in [1.165, 1.54) is 17.4 Å². The van der Waals surface area contributed by atoms with Crippen molar-refractivity contribution in [1.29, 1.82) is 0 Å². The van der Waals surface area contributed by atoms with Crippen LogP contribution in [0.5, 0.6) is 5.88 Å². The fourth-order valence-electron chi connectivity index (χ4n) is 3.77. The highest BCUT2D eigenvalue weighted by molar-refractivity contribution is 7.22. The van der Waals surface area contributed by atoms with Crippen LogP contribution in [0.1, 0.15) is 37.3 Å². The molecule has 28 heavy (non-hydrogen) atoms. The normalized spacial score (nSPS) is 22.8. The molecule has 2 fully saturated rings. The van der Waals surface area contributed by atoms with E-state index < -0.39 is 0 Å². The molecule has 5 rings (SSSR count). The summed E-state index contributed by atoms with van der Waals surface area (Å²) >= 11 is 1.48. The maximum absolute atomic E-state index is 13.8. The molecule has 1 N–H and O–H groups in total. The predicted octanol–water partition coefficient (Wildman–Crippen LogP) is 4.14. The first-order valence-corrected chi connectivity index (χ1v) is 10.4. The molecule has 3 aromatic rings.